The van der Waals surface area contributed by atoms with E-state index >= 15 is 0 Å². The standard InChI is InChI=1S/C22H24ClN5O2S/c1-5-18-25-26-22-28(18)27-19(14-7-9-17(30-4)16(23)11-14)20(31-22)21(29)24-15-8-6-12(2)13(3)10-15/h6-11,19-20,27H,5H2,1-4H3,(H,24,29). The Balaban J connectivity index is 1.69. The maximum Gasteiger partial charge on any atom is 0.240 e. The summed E-state index contributed by atoms with van der Waals surface area (Å²) in [5, 5.41) is 12.2. The minimum absolute atomic E-state index is 0.120. The largest absolute Gasteiger partial charge is 0.495 e. The Hall–Kier alpha value is -2.71. The van der Waals surface area contributed by atoms with E-state index in [1.165, 1.54) is 17.3 Å². The van der Waals surface area contributed by atoms with E-state index in [0.717, 1.165) is 29.1 Å². The molecule has 1 aromatic heterocycles. The van der Waals surface area contributed by atoms with E-state index in [-0.39, 0.29) is 11.9 Å². The molecule has 9 heteroatoms. The van der Waals surface area contributed by atoms with Crippen LogP contribution < -0.4 is 15.5 Å². The molecule has 2 unspecified atom stereocenters. The molecule has 1 aliphatic rings. The Morgan fingerprint density at radius 1 is 1.23 bits per heavy atom. The molecule has 0 saturated heterocycles. The van der Waals surface area contributed by atoms with Gasteiger partial charge in [-0.25, -0.2) is 4.68 Å². The Morgan fingerprint density at radius 2 is 2.03 bits per heavy atom. The molecule has 0 aliphatic carbocycles. The lowest BCUT2D eigenvalue weighted by Crippen LogP contribution is -2.41. The van der Waals surface area contributed by atoms with Crippen LogP contribution in [0.5, 0.6) is 5.75 Å². The molecule has 1 amide bonds. The number of methoxy groups -OCH3 is 1. The normalized spacial score (nSPS) is 17.6. The molecule has 31 heavy (non-hydrogen) atoms. The van der Waals surface area contributed by atoms with Crippen LogP contribution in [0.4, 0.5) is 5.69 Å². The van der Waals surface area contributed by atoms with Crippen molar-refractivity contribution in [3.05, 3.63) is 63.9 Å². The van der Waals surface area contributed by atoms with Gasteiger partial charge in [0.2, 0.25) is 11.1 Å². The Morgan fingerprint density at radius 3 is 2.71 bits per heavy atom. The molecule has 2 N–H and O–H groups in total. The van der Waals surface area contributed by atoms with Gasteiger partial charge >= 0.3 is 0 Å². The average molecular weight is 458 g/mol. The Bertz CT molecular complexity index is 1130. The maximum absolute atomic E-state index is 13.4. The van der Waals surface area contributed by atoms with Crippen LogP contribution in [0, 0.1) is 13.8 Å². The van der Waals surface area contributed by atoms with Crippen molar-refractivity contribution >= 4 is 35.0 Å². The Kier molecular flexibility index (Phi) is 6.11. The zero-order chi connectivity index (χ0) is 22.1. The van der Waals surface area contributed by atoms with E-state index in [9.17, 15) is 4.79 Å². The summed E-state index contributed by atoms with van der Waals surface area (Å²) in [5.74, 6) is 1.27. The quantitative estimate of drug-likeness (QED) is 0.586. The molecule has 0 radical (unpaired) electrons. The van der Waals surface area contributed by atoms with Crippen molar-refractivity contribution in [2.75, 3.05) is 17.9 Å². The number of carbonyl (C=O) groups excluding carboxylic acids is 1. The van der Waals surface area contributed by atoms with E-state index in [1.54, 1.807) is 7.11 Å². The highest BCUT2D eigenvalue weighted by Crippen LogP contribution is 2.39. The van der Waals surface area contributed by atoms with E-state index in [0.29, 0.717) is 15.9 Å². The summed E-state index contributed by atoms with van der Waals surface area (Å²) >= 11 is 7.77. The summed E-state index contributed by atoms with van der Waals surface area (Å²) < 4.78 is 7.13. The van der Waals surface area contributed by atoms with Gasteiger partial charge in [0.15, 0.2) is 5.82 Å². The van der Waals surface area contributed by atoms with Gasteiger partial charge in [0.1, 0.15) is 11.0 Å². The summed E-state index contributed by atoms with van der Waals surface area (Å²) in [6, 6.07) is 11.1. The maximum atomic E-state index is 13.4. The van der Waals surface area contributed by atoms with Crippen molar-refractivity contribution in [2.45, 2.75) is 43.6 Å². The van der Waals surface area contributed by atoms with E-state index in [1.807, 2.05) is 61.8 Å². The number of rotatable bonds is 5. The second kappa shape index (κ2) is 8.80. The minimum atomic E-state index is -0.479. The van der Waals surface area contributed by atoms with E-state index in [2.05, 4.69) is 20.9 Å². The third-order valence-electron chi connectivity index (χ3n) is 5.39. The highest BCUT2D eigenvalue weighted by Gasteiger charge is 2.38. The number of ether oxygens (including phenoxy) is 1. The molecule has 2 atom stereocenters. The van der Waals surface area contributed by atoms with E-state index < -0.39 is 5.25 Å². The summed E-state index contributed by atoms with van der Waals surface area (Å²) in [7, 11) is 1.58. The number of carbonyl (C=O) groups is 1. The second-order valence-electron chi connectivity index (χ2n) is 7.42. The molecular formula is C22H24ClN5O2S. The molecule has 2 heterocycles. The van der Waals surface area contributed by atoms with E-state index in [4.69, 9.17) is 16.3 Å². The molecule has 0 saturated carbocycles. The zero-order valence-corrected chi connectivity index (χ0v) is 19.3. The smallest absolute Gasteiger partial charge is 0.240 e. The minimum Gasteiger partial charge on any atom is -0.495 e. The fourth-order valence-corrected chi connectivity index (χ4v) is 4.85. The number of hydrogen-bond acceptors (Lipinski definition) is 6. The lowest BCUT2D eigenvalue weighted by Gasteiger charge is -2.33. The monoisotopic (exact) mass is 457 g/mol. The molecule has 162 valence electrons. The van der Waals surface area contributed by atoms with Crippen LogP contribution in [0.1, 0.15) is 35.5 Å². The first-order valence-electron chi connectivity index (χ1n) is 10.00. The van der Waals surface area contributed by atoms with Gasteiger partial charge in [-0.1, -0.05) is 42.4 Å². The highest BCUT2D eigenvalue weighted by molar-refractivity contribution is 8.00. The molecular weight excluding hydrogens is 434 g/mol. The molecule has 7 nitrogen and oxygen atoms in total. The summed E-state index contributed by atoms with van der Waals surface area (Å²) in [4.78, 5) is 13.4. The summed E-state index contributed by atoms with van der Waals surface area (Å²) in [5.41, 5.74) is 7.37. The number of anilines is 1. The van der Waals surface area contributed by atoms with Crippen LogP contribution in [-0.2, 0) is 11.2 Å². The number of hydrogen-bond donors (Lipinski definition) is 2. The van der Waals surface area contributed by atoms with Crippen LogP contribution in [0.3, 0.4) is 0 Å². The van der Waals surface area contributed by atoms with Crippen LogP contribution in [0.25, 0.3) is 0 Å². The molecule has 0 bridgehead atoms. The topological polar surface area (TPSA) is 81.1 Å². The van der Waals surface area contributed by atoms with Crippen LogP contribution >= 0.6 is 23.4 Å². The second-order valence-corrected chi connectivity index (χ2v) is 8.93. The summed E-state index contributed by atoms with van der Waals surface area (Å²) in [6.45, 7) is 6.09. The predicted molar refractivity (Wildman–Crippen MR) is 124 cm³/mol. The van der Waals surface area contributed by atoms with Gasteiger partial charge in [0.05, 0.1) is 18.2 Å². The Labute approximate surface area is 190 Å². The SMILES string of the molecule is CCc1nnc2n1NC(c1ccc(OC)c(Cl)c1)C(C(=O)Nc1ccc(C)c(C)c1)S2. The highest BCUT2D eigenvalue weighted by atomic mass is 35.5. The zero-order valence-electron chi connectivity index (χ0n) is 17.8. The van der Waals surface area contributed by atoms with Crippen molar-refractivity contribution in [3.63, 3.8) is 0 Å². The van der Waals surface area contributed by atoms with Crippen LogP contribution in [0.15, 0.2) is 41.6 Å². The summed E-state index contributed by atoms with van der Waals surface area (Å²) in [6.07, 6.45) is 0.718. The van der Waals surface area contributed by atoms with Gasteiger partial charge in [0.25, 0.3) is 0 Å². The van der Waals surface area contributed by atoms with Gasteiger partial charge < -0.3 is 15.5 Å². The fraction of sp³-hybridized carbons (Fsp3) is 0.318. The number of amides is 1. The van der Waals surface area contributed by atoms with Gasteiger partial charge in [-0.2, -0.15) is 0 Å². The molecule has 2 aromatic carbocycles. The first-order chi connectivity index (χ1) is 14.9. The van der Waals surface area contributed by atoms with Crippen molar-refractivity contribution in [3.8, 4) is 5.75 Å². The number of halogens is 1. The van der Waals surface area contributed by atoms with Crippen molar-refractivity contribution in [1.29, 1.82) is 0 Å². The lowest BCUT2D eigenvalue weighted by atomic mass is 10.0. The third-order valence-corrected chi connectivity index (χ3v) is 6.90. The first kappa shape index (κ1) is 21.5. The number of aromatic nitrogens is 3. The van der Waals surface area contributed by atoms with Gasteiger partial charge in [-0.3, -0.25) is 4.79 Å². The predicted octanol–water partition coefficient (Wildman–Crippen LogP) is 4.52. The number of nitrogens with zero attached hydrogens (tertiary/aromatic N) is 3. The first-order valence-corrected chi connectivity index (χ1v) is 11.3. The van der Waals surface area contributed by atoms with Crippen LogP contribution in [0.2, 0.25) is 5.02 Å². The van der Waals surface area contributed by atoms with Gasteiger partial charge in [0, 0.05) is 12.1 Å². The fourth-order valence-electron chi connectivity index (χ4n) is 3.49. The number of thioether (sulfide) groups is 1. The van der Waals surface area contributed by atoms with Crippen molar-refractivity contribution < 1.29 is 9.53 Å². The van der Waals surface area contributed by atoms with Gasteiger partial charge in [-0.05, 0) is 54.8 Å². The number of nitrogens with one attached hydrogen (secondary N) is 2. The lowest BCUT2D eigenvalue weighted by molar-refractivity contribution is -0.116. The number of aryl methyl sites for hydroxylation is 3. The molecule has 1 aliphatic heterocycles. The van der Waals surface area contributed by atoms with Crippen LogP contribution in [-0.4, -0.2) is 33.1 Å². The third kappa shape index (κ3) is 4.22. The van der Waals surface area contributed by atoms with Crippen molar-refractivity contribution in [1.82, 2.24) is 14.9 Å². The van der Waals surface area contributed by atoms with Gasteiger partial charge in [-0.15, -0.1) is 10.2 Å². The molecule has 3 aromatic rings. The number of benzene rings is 2. The molecule has 4 rings (SSSR count). The average Bonchev–Trinajstić information content (AvgIpc) is 3.17. The molecule has 0 spiro atoms. The van der Waals surface area contributed by atoms with Crippen molar-refractivity contribution in [2.24, 2.45) is 0 Å². The molecule has 0 fully saturated rings. The number of fused-ring (bicyclic) bond motifs is 1.